The van der Waals surface area contributed by atoms with Crippen LogP contribution in [-0.2, 0) is 0 Å². The van der Waals surface area contributed by atoms with Crippen molar-refractivity contribution in [3.63, 3.8) is 0 Å². The average Bonchev–Trinajstić information content (AvgIpc) is 2.41. The summed E-state index contributed by atoms with van der Waals surface area (Å²) in [6.07, 6.45) is 1.76. The summed E-state index contributed by atoms with van der Waals surface area (Å²) >= 11 is 0. The van der Waals surface area contributed by atoms with Gasteiger partial charge in [-0.3, -0.25) is 0 Å². The van der Waals surface area contributed by atoms with Crippen LogP contribution in [0, 0.1) is 0 Å². The van der Waals surface area contributed by atoms with Crippen molar-refractivity contribution in [1.29, 1.82) is 0 Å². The quantitative estimate of drug-likeness (QED) is 0.634. The topological polar surface area (TPSA) is 0 Å². The molecule has 2 aromatic rings. The second-order valence-electron chi connectivity index (χ2n) is 3.25. The lowest BCUT2D eigenvalue weighted by Crippen LogP contribution is -1.74. The molecule has 0 saturated carbocycles. The first-order valence-corrected chi connectivity index (χ1v) is 5.21. The summed E-state index contributed by atoms with van der Waals surface area (Å²) in [7, 11) is 0. The first-order valence-electron chi connectivity index (χ1n) is 5.21. The van der Waals surface area contributed by atoms with E-state index in [2.05, 4.69) is 13.2 Å². The second kappa shape index (κ2) is 7.24. The van der Waals surface area contributed by atoms with Gasteiger partial charge in [0.25, 0.3) is 0 Å². The Morgan fingerprint density at radius 3 is 1.50 bits per heavy atom. The molecule has 0 aliphatic carbocycles. The van der Waals surface area contributed by atoms with Crippen molar-refractivity contribution >= 4 is 5.57 Å². The molecule has 2 aromatic carbocycles. The van der Waals surface area contributed by atoms with E-state index in [-0.39, 0.29) is 0 Å². The molecule has 0 aliphatic heterocycles. The Balaban J connectivity index is 0.000000181. The van der Waals surface area contributed by atoms with E-state index in [0.717, 1.165) is 11.1 Å². The molecule has 0 unspecified atom stereocenters. The summed E-state index contributed by atoms with van der Waals surface area (Å²) in [4.78, 5) is 0. The van der Waals surface area contributed by atoms with Gasteiger partial charge >= 0.3 is 0 Å². The molecule has 0 aromatic heterocycles. The number of benzene rings is 2. The molecular formula is C16H16. The average molecular weight is 208 g/mol. The summed E-state index contributed by atoms with van der Waals surface area (Å²) in [5, 5.41) is 0. The predicted molar refractivity (Wildman–Crippen MR) is 72.1 cm³/mol. The number of hydrogen-bond acceptors (Lipinski definition) is 0. The van der Waals surface area contributed by atoms with Crippen molar-refractivity contribution in [3.8, 4) is 0 Å². The SMILES string of the molecule is C=CC(=C)c1ccccc1.c1ccccc1. The van der Waals surface area contributed by atoms with Crippen molar-refractivity contribution in [3.05, 3.63) is 91.5 Å². The van der Waals surface area contributed by atoms with Gasteiger partial charge in [-0.2, -0.15) is 0 Å². The van der Waals surface area contributed by atoms with E-state index >= 15 is 0 Å². The summed E-state index contributed by atoms with van der Waals surface area (Å²) in [6.45, 7) is 7.46. The van der Waals surface area contributed by atoms with E-state index in [9.17, 15) is 0 Å². The second-order valence-corrected chi connectivity index (χ2v) is 3.25. The van der Waals surface area contributed by atoms with E-state index in [1.807, 2.05) is 66.7 Å². The Morgan fingerprint density at radius 2 is 1.12 bits per heavy atom. The summed E-state index contributed by atoms with van der Waals surface area (Å²) in [5.74, 6) is 0. The Labute approximate surface area is 97.6 Å². The van der Waals surface area contributed by atoms with Gasteiger partial charge in [-0.05, 0) is 11.1 Å². The first kappa shape index (κ1) is 12.0. The Bertz CT molecular complexity index is 386. The van der Waals surface area contributed by atoms with Crippen molar-refractivity contribution in [1.82, 2.24) is 0 Å². The summed E-state index contributed by atoms with van der Waals surface area (Å²) in [5.41, 5.74) is 2.11. The molecule has 0 fully saturated rings. The molecule has 0 saturated heterocycles. The molecule has 16 heavy (non-hydrogen) atoms. The third kappa shape index (κ3) is 4.43. The van der Waals surface area contributed by atoms with Crippen molar-refractivity contribution in [2.24, 2.45) is 0 Å². The zero-order valence-corrected chi connectivity index (χ0v) is 9.34. The maximum Gasteiger partial charge on any atom is -0.0190 e. The predicted octanol–water partition coefficient (Wildman–Crippen LogP) is 4.57. The van der Waals surface area contributed by atoms with Crippen LogP contribution in [0.5, 0.6) is 0 Å². The molecule has 0 radical (unpaired) electrons. The molecule has 80 valence electrons. The molecule has 0 spiro atoms. The van der Waals surface area contributed by atoms with Crippen LogP contribution in [0.15, 0.2) is 86.0 Å². The van der Waals surface area contributed by atoms with E-state index in [1.54, 1.807) is 6.08 Å². The van der Waals surface area contributed by atoms with E-state index in [4.69, 9.17) is 0 Å². The maximum absolute atomic E-state index is 3.83. The Kier molecular flexibility index (Phi) is 5.43. The molecule has 0 nitrogen and oxygen atoms in total. The number of hydrogen-bond donors (Lipinski definition) is 0. The lowest BCUT2D eigenvalue weighted by molar-refractivity contribution is 1.63. The molecule has 0 atom stereocenters. The minimum absolute atomic E-state index is 0.973. The standard InChI is InChI=1S/C10H10.C6H6/c1-3-9(2)10-7-5-4-6-8-10;1-2-4-6-5-3-1/h3-8H,1-2H2;1-6H. The van der Waals surface area contributed by atoms with Crippen LogP contribution < -0.4 is 0 Å². The molecular weight excluding hydrogens is 192 g/mol. The molecule has 0 amide bonds. The minimum atomic E-state index is 0.973. The normalized spacial score (nSPS) is 8.50. The summed E-state index contributed by atoms with van der Waals surface area (Å²) < 4.78 is 0. The molecule has 0 heterocycles. The van der Waals surface area contributed by atoms with Crippen LogP contribution in [0.4, 0.5) is 0 Å². The molecule has 0 N–H and O–H groups in total. The monoisotopic (exact) mass is 208 g/mol. The van der Waals surface area contributed by atoms with Crippen molar-refractivity contribution < 1.29 is 0 Å². The van der Waals surface area contributed by atoms with Crippen molar-refractivity contribution in [2.45, 2.75) is 0 Å². The van der Waals surface area contributed by atoms with Crippen LogP contribution in [0.2, 0.25) is 0 Å². The smallest absolute Gasteiger partial charge is 0.0190 e. The maximum atomic E-state index is 3.83. The largest absolute Gasteiger partial charge is 0.0985 e. The lowest BCUT2D eigenvalue weighted by Gasteiger charge is -1.96. The third-order valence-corrected chi connectivity index (χ3v) is 2.06. The van der Waals surface area contributed by atoms with Crippen LogP contribution in [0.25, 0.3) is 5.57 Å². The van der Waals surface area contributed by atoms with Gasteiger partial charge in [-0.15, -0.1) is 0 Å². The van der Waals surface area contributed by atoms with Crippen LogP contribution in [0.1, 0.15) is 5.56 Å². The molecule has 0 bridgehead atoms. The molecule has 2 rings (SSSR count). The zero-order valence-electron chi connectivity index (χ0n) is 9.34. The fraction of sp³-hybridized carbons (Fsp3) is 0. The van der Waals surface area contributed by atoms with Crippen LogP contribution in [0.3, 0.4) is 0 Å². The van der Waals surface area contributed by atoms with Gasteiger partial charge < -0.3 is 0 Å². The Hall–Kier alpha value is -2.08. The zero-order chi connectivity index (χ0) is 11.6. The Morgan fingerprint density at radius 1 is 0.750 bits per heavy atom. The van der Waals surface area contributed by atoms with E-state index < -0.39 is 0 Å². The van der Waals surface area contributed by atoms with Gasteiger partial charge in [-0.1, -0.05) is 86.0 Å². The van der Waals surface area contributed by atoms with Gasteiger partial charge in [0.2, 0.25) is 0 Å². The highest BCUT2D eigenvalue weighted by molar-refractivity contribution is 5.71. The van der Waals surface area contributed by atoms with Gasteiger partial charge in [0.1, 0.15) is 0 Å². The fourth-order valence-electron chi connectivity index (χ4n) is 1.15. The highest BCUT2D eigenvalue weighted by Crippen LogP contribution is 2.10. The van der Waals surface area contributed by atoms with Gasteiger partial charge in [0, 0.05) is 0 Å². The van der Waals surface area contributed by atoms with Crippen molar-refractivity contribution in [2.75, 3.05) is 0 Å². The molecule has 0 aliphatic rings. The van der Waals surface area contributed by atoms with E-state index in [0.29, 0.717) is 0 Å². The van der Waals surface area contributed by atoms with Crippen LogP contribution in [-0.4, -0.2) is 0 Å². The number of allylic oxidation sites excluding steroid dienone is 2. The minimum Gasteiger partial charge on any atom is -0.0985 e. The fourth-order valence-corrected chi connectivity index (χ4v) is 1.15. The van der Waals surface area contributed by atoms with Gasteiger partial charge in [0.05, 0.1) is 0 Å². The van der Waals surface area contributed by atoms with Gasteiger partial charge in [-0.25, -0.2) is 0 Å². The van der Waals surface area contributed by atoms with Crippen LogP contribution >= 0.6 is 0 Å². The highest BCUT2D eigenvalue weighted by atomic mass is 13.9. The van der Waals surface area contributed by atoms with E-state index in [1.165, 1.54) is 0 Å². The highest BCUT2D eigenvalue weighted by Gasteiger charge is 1.88. The number of rotatable bonds is 2. The molecule has 0 heteroatoms. The van der Waals surface area contributed by atoms with Gasteiger partial charge in [0.15, 0.2) is 0 Å². The summed E-state index contributed by atoms with van der Waals surface area (Å²) in [6, 6.07) is 22.0. The lowest BCUT2D eigenvalue weighted by atomic mass is 10.1. The first-order chi connectivity index (χ1) is 7.84. The third-order valence-electron chi connectivity index (χ3n) is 2.06.